The summed E-state index contributed by atoms with van der Waals surface area (Å²) in [4.78, 5) is 16.7. The van der Waals surface area contributed by atoms with E-state index in [1.54, 1.807) is 0 Å². The van der Waals surface area contributed by atoms with Gasteiger partial charge in [0.2, 0.25) is 0 Å². The van der Waals surface area contributed by atoms with Crippen molar-refractivity contribution in [3.8, 4) is 0 Å². The van der Waals surface area contributed by atoms with Crippen molar-refractivity contribution in [2.45, 2.75) is 0 Å². The minimum absolute atomic E-state index is 0. The average Bonchev–Trinajstić information content (AvgIpc) is 1.39. The lowest BCUT2D eigenvalue weighted by Crippen LogP contribution is -1.49. The van der Waals surface area contributed by atoms with Crippen LogP contribution in [0.15, 0.2) is 0 Å². The van der Waals surface area contributed by atoms with E-state index < -0.39 is 0 Å². The van der Waals surface area contributed by atoms with Crippen LogP contribution in [0.2, 0.25) is 0 Å². The fourth-order valence-electron chi connectivity index (χ4n) is 0. The zero-order valence-corrected chi connectivity index (χ0v) is 3.87. The zero-order valence-electron chi connectivity index (χ0n) is 3.87. The van der Waals surface area contributed by atoms with Gasteiger partial charge in [-0.25, -0.2) is 0 Å². The maximum absolute atomic E-state index is 8.36. The molecule has 0 spiro atoms. The Morgan fingerprint density at radius 3 is 0.875 bits per heavy atom. The van der Waals surface area contributed by atoms with Gasteiger partial charge in [0.25, 0.3) is 12.9 Å². The molecule has 0 atom stereocenters. The molecule has 0 unspecified atom stereocenters. The van der Waals surface area contributed by atoms with Gasteiger partial charge in [0.1, 0.15) is 0 Å². The SMILES string of the molecule is O.O.O=CO.O=CO. The van der Waals surface area contributed by atoms with Crippen molar-refractivity contribution in [1.82, 2.24) is 0 Å². The summed E-state index contributed by atoms with van der Waals surface area (Å²) in [7, 11) is 0. The minimum atomic E-state index is -0.250. The maximum Gasteiger partial charge on any atom is 0.290 e. The lowest BCUT2D eigenvalue weighted by molar-refractivity contribution is -0.123. The van der Waals surface area contributed by atoms with Gasteiger partial charge in [0, 0.05) is 0 Å². The summed E-state index contributed by atoms with van der Waals surface area (Å²) in [6, 6.07) is 0. The molecule has 0 fully saturated rings. The van der Waals surface area contributed by atoms with Gasteiger partial charge in [-0.2, -0.15) is 0 Å². The molecule has 0 aromatic rings. The molecule has 8 heavy (non-hydrogen) atoms. The molecule has 6 N–H and O–H groups in total. The third kappa shape index (κ3) is 55.7. The second-order valence-electron chi connectivity index (χ2n) is 0.211. The summed E-state index contributed by atoms with van der Waals surface area (Å²) in [5, 5.41) is 13.8. The fourth-order valence-corrected chi connectivity index (χ4v) is 0. The van der Waals surface area contributed by atoms with Crippen LogP contribution in [-0.4, -0.2) is 34.1 Å². The number of hydrogen-bond acceptors (Lipinski definition) is 2. The van der Waals surface area contributed by atoms with Crippen LogP contribution in [0.5, 0.6) is 0 Å². The van der Waals surface area contributed by atoms with Crippen LogP contribution in [0, 0.1) is 0 Å². The maximum atomic E-state index is 8.36. The lowest BCUT2D eigenvalue weighted by atomic mass is 11.7. The highest BCUT2D eigenvalue weighted by Gasteiger charge is 1.22. The molecule has 0 heterocycles. The monoisotopic (exact) mass is 128 g/mol. The average molecular weight is 128 g/mol. The van der Waals surface area contributed by atoms with Crippen LogP contribution < -0.4 is 0 Å². The molecule has 0 bridgehead atoms. The number of rotatable bonds is 0. The Labute approximate surface area is 45.0 Å². The van der Waals surface area contributed by atoms with Crippen LogP contribution in [0.1, 0.15) is 0 Å². The second-order valence-corrected chi connectivity index (χ2v) is 0.211. The molecule has 52 valence electrons. The first-order valence-corrected chi connectivity index (χ1v) is 0.988. The summed E-state index contributed by atoms with van der Waals surface area (Å²) in [6.07, 6.45) is 0. The van der Waals surface area contributed by atoms with Gasteiger partial charge in [0.05, 0.1) is 0 Å². The molecular formula is C2H8O6. The molecule has 0 saturated heterocycles. The van der Waals surface area contributed by atoms with E-state index in [2.05, 4.69) is 0 Å². The van der Waals surface area contributed by atoms with Crippen LogP contribution in [0.4, 0.5) is 0 Å². The molecule has 0 aromatic carbocycles. The van der Waals surface area contributed by atoms with Gasteiger partial charge in [-0.05, 0) is 0 Å². The normalized spacial score (nSPS) is 3.00. The van der Waals surface area contributed by atoms with E-state index in [4.69, 9.17) is 19.8 Å². The smallest absolute Gasteiger partial charge is 0.290 e. The van der Waals surface area contributed by atoms with Crippen molar-refractivity contribution in [3.63, 3.8) is 0 Å². The minimum Gasteiger partial charge on any atom is -0.483 e. The van der Waals surface area contributed by atoms with E-state index >= 15 is 0 Å². The molecule has 0 radical (unpaired) electrons. The van der Waals surface area contributed by atoms with Gasteiger partial charge < -0.3 is 21.2 Å². The van der Waals surface area contributed by atoms with Gasteiger partial charge in [-0.3, -0.25) is 9.59 Å². The summed E-state index contributed by atoms with van der Waals surface area (Å²) < 4.78 is 0. The topological polar surface area (TPSA) is 138 Å². The van der Waals surface area contributed by atoms with Gasteiger partial charge in [0.15, 0.2) is 0 Å². The summed E-state index contributed by atoms with van der Waals surface area (Å²) in [5.74, 6) is 0. The molecule has 6 nitrogen and oxygen atoms in total. The third-order valence-corrected chi connectivity index (χ3v) is 0. The largest absolute Gasteiger partial charge is 0.483 e. The highest BCUT2D eigenvalue weighted by atomic mass is 16.3. The highest BCUT2D eigenvalue weighted by molar-refractivity contribution is 5.32. The van der Waals surface area contributed by atoms with E-state index in [1.165, 1.54) is 0 Å². The number of carbonyl (C=O) groups is 2. The molecule has 0 aromatic heterocycles. The second kappa shape index (κ2) is 187. The van der Waals surface area contributed by atoms with E-state index in [0.717, 1.165) is 0 Å². The Kier molecular flexibility index (Phi) is 674. The van der Waals surface area contributed by atoms with Crippen LogP contribution in [-0.2, 0) is 9.59 Å². The molecule has 0 rings (SSSR count). The zero-order chi connectivity index (χ0) is 5.41. The lowest BCUT2D eigenvalue weighted by Gasteiger charge is -1.34. The Morgan fingerprint density at radius 2 is 0.875 bits per heavy atom. The van der Waals surface area contributed by atoms with E-state index in [1.807, 2.05) is 0 Å². The van der Waals surface area contributed by atoms with Crippen molar-refractivity contribution in [2.24, 2.45) is 0 Å². The molecule has 0 aliphatic heterocycles. The quantitative estimate of drug-likeness (QED) is 0.356. The third-order valence-electron chi connectivity index (χ3n) is 0. The summed E-state index contributed by atoms with van der Waals surface area (Å²) in [6.45, 7) is -0.500. The Hall–Kier alpha value is -1.14. The molecule has 0 saturated carbocycles. The van der Waals surface area contributed by atoms with Crippen molar-refractivity contribution in [1.29, 1.82) is 0 Å². The van der Waals surface area contributed by atoms with Crippen molar-refractivity contribution < 1.29 is 30.8 Å². The molecule has 6 heteroatoms. The first-order valence-electron chi connectivity index (χ1n) is 0.988. The Bertz CT molecular complexity index is 27.5. The summed E-state index contributed by atoms with van der Waals surface area (Å²) >= 11 is 0. The predicted molar refractivity (Wildman–Crippen MR) is 24.6 cm³/mol. The number of hydrogen-bond donors (Lipinski definition) is 2. The Balaban J connectivity index is -0.0000000160. The van der Waals surface area contributed by atoms with Gasteiger partial charge in [-0.1, -0.05) is 0 Å². The van der Waals surface area contributed by atoms with Crippen molar-refractivity contribution in [3.05, 3.63) is 0 Å². The predicted octanol–water partition coefficient (Wildman–Crippen LogP) is -2.25. The molecule has 0 aliphatic carbocycles. The van der Waals surface area contributed by atoms with Gasteiger partial charge >= 0.3 is 0 Å². The van der Waals surface area contributed by atoms with E-state index in [9.17, 15) is 0 Å². The molecular weight excluding hydrogens is 120 g/mol. The first kappa shape index (κ1) is 28.8. The first-order chi connectivity index (χ1) is 2.83. The van der Waals surface area contributed by atoms with Crippen molar-refractivity contribution >= 4 is 12.9 Å². The fraction of sp³-hybridized carbons (Fsp3) is 0. The van der Waals surface area contributed by atoms with Crippen LogP contribution in [0.3, 0.4) is 0 Å². The van der Waals surface area contributed by atoms with Crippen LogP contribution >= 0.6 is 0 Å². The summed E-state index contributed by atoms with van der Waals surface area (Å²) in [5.41, 5.74) is 0. The van der Waals surface area contributed by atoms with Crippen molar-refractivity contribution in [2.75, 3.05) is 0 Å². The van der Waals surface area contributed by atoms with Crippen LogP contribution in [0.25, 0.3) is 0 Å². The van der Waals surface area contributed by atoms with Gasteiger partial charge in [-0.15, -0.1) is 0 Å². The Morgan fingerprint density at radius 1 is 0.875 bits per heavy atom. The number of carboxylic acid groups (broad SMARTS) is 2. The molecule has 0 amide bonds. The van der Waals surface area contributed by atoms with E-state index in [0.29, 0.717) is 0 Å². The molecule has 0 aliphatic rings. The van der Waals surface area contributed by atoms with E-state index in [-0.39, 0.29) is 23.9 Å². The standard InChI is InChI=1S/2CH2O2.2H2O/c2*2-1-3;;/h2*1H,(H,2,3);2*1H2. The highest BCUT2D eigenvalue weighted by Crippen LogP contribution is 0.969.